The van der Waals surface area contributed by atoms with Crippen LogP contribution in [0.25, 0.3) is 17.1 Å². The first kappa shape index (κ1) is 16.0. The van der Waals surface area contributed by atoms with Gasteiger partial charge in [-0.05, 0) is 24.3 Å². The largest absolute Gasteiger partial charge is 0.324 e. The van der Waals surface area contributed by atoms with Crippen LogP contribution in [-0.2, 0) is 6.54 Å². The summed E-state index contributed by atoms with van der Waals surface area (Å²) < 4.78 is 20.1. The first-order valence-electron chi connectivity index (χ1n) is 8.09. The van der Waals surface area contributed by atoms with E-state index in [2.05, 4.69) is 15.2 Å². The van der Waals surface area contributed by atoms with Crippen LogP contribution in [0, 0.1) is 5.82 Å². The maximum atomic E-state index is 13.0. The summed E-state index contributed by atoms with van der Waals surface area (Å²) in [5.74, 6) is 0.279. The van der Waals surface area contributed by atoms with Crippen molar-refractivity contribution in [2.45, 2.75) is 6.54 Å². The number of hydrogen-bond acceptors (Lipinski definition) is 5. The molecular weight excluding hydrogens is 333 g/mol. The molecule has 4 rings (SSSR count). The average Bonchev–Trinajstić information content (AvgIpc) is 3.33. The zero-order chi connectivity index (χ0) is 17.9. The molecule has 0 saturated heterocycles. The Morgan fingerprint density at radius 3 is 2.62 bits per heavy atom. The number of benzene rings is 2. The summed E-state index contributed by atoms with van der Waals surface area (Å²) in [6.45, 7) is 0.553. The molecule has 130 valence electrons. The summed E-state index contributed by atoms with van der Waals surface area (Å²) in [6, 6.07) is 16.3. The van der Waals surface area contributed by atoms with E-state index < -0.39 is 0 Å². The predicted octanol–water partition coefficient (Wildman–Crippen LogP) is 3.70. The van der Waals surface area contributed by atoms with Gasteiger partial charge in [0.05, 0.1) is 18.4 Å². The van der Waals surface area contributed by atoms with Crippen molar-refractivity contribution in [2.75, 3.05) is 11.9 Å². The molecule has 7 heteroatoms. The lowest BCUT2D eigenvalue weighted by molar-refractivity contribution is 0.418. The summed E-state index contributed by atoms with van der Waals surface area (Å²) in [4.78, 5) is 6.28. The van der Waals surface area contributed by atoms with E-state index >= 15 is 0 Å². The first-order chi connectivity index (χ1) is 12.7. The molecule has 0 radical (unpaired) electrons. The van der Waals surface area contributed by atoms with Crippen molar-refractivity contribution in [2.24, 2.45) is 0 Å². The third kappa shape index (κ3) is 3.32. The molecule has 2 heterocycles. The van der Waals surface area contributed by atoms with E-state index in [1.807, 2.05) is 48.5 Å². The Balaban J connectivity index is 1.48. The second-order valence-corrected chi connectivity index (χ2v) is 5.89. The van der Waals surface area contributed by atoms with Crippen molar-refractivity contribution >= 4 is 6.01 Å². The van der Waals surface area contributed by atoms with Crippen molar-refractivity contribution in [3.63, 3.8) is 0 Å². The van der Waals surface area contributed by atoms with Gasteiger partial charge in [-0.1, -0.05) is 35.5 Å². The van der Waals surface area contributed by atoms with E-state index in [9.17, 15) is 4.39 Å². The Kier molecular flexibility index (Phi) is 4.18. The highest BCUT2D eigenvalue weighted by atomic mass is 19.1. The average molecular weight is 349 g/mol. The number of hydrogen-bond donors (Lipinski definition) is 0. The minimum absolute atomic E-state index is 0.272. The minimum Gasteiger partial charge on any atom is -0.323 e. The number of nitrogens with zero attached hydrogens (tertiary/aromatic N) is 5. The normalized spacial score (nSPS) is 10.8. The molecular formula is C19H16FN5O. The number of rotatable bonds is 5. The van der Waals surface area contributed by atoms with Gasteiger partial charge in [0.2, 0.25) is 5.82 Å². The Hall–Kier alpha value is -3.48. The lowest BCUT2D eigenvalue weighted by Crippen LogP contribution is -2.16. The molecule has 0 spiro atoms. The molecule has 2 aromatic heterocycles. The van der Waals surface area contributed by atoms with Crippen LogP contribution in [-0.4, -0.2) is 27.0 Å². The molecule has 0 N–H and O–H groups in total. The van der Waals surface area contributed by atoms with E-state index in [0.29, 0.717) is 18.4 Å². The number of anilines is 1. The van der Waals surface area contributed by atoms with Crippen molar-refractivity contribution in [1.29, 1.82) is 0 Å². The highest BCUT2D eigenvalue weighted by Gasteiger charge is 2.13. The standard InChI is InChI=1S/C19H16FN5O/c1-24(19-22-18(23-26-19)15-5-3-2-4-6-15)12-14-11-21-25(13-14)17-9-7-16(20)8-10-17/h2-11,13H,12H2,1H3. The zero-order valence-corrected chi connectivity index (χ0v) is 14.1. The Labute approximate surface area is 149 Å². The van der Waals surface area contributed by atoms with Crippen LogP contribution in [0.3, 0.4) is 0 Å². The Bertz CT molecular complexity index is 994. The fourth-order valence-corrected chi connectivity index (χ4v) is 2.59. The first-order valence-corrected chi connectivity index (χ1v) is 8.09. The van der Waals surface area contributed by atoms with Gasteiger partial charge < -0.3 is 9.42 Å². The van der Waals surface area contributed by atoms with Gasteiger partial charge in [0.1, 0.15) is 5.82 Å². The molecule has 0 fully saturated rings. The fourth-order valence-electron chi connectivity index (χ4n) is 2.59. The van der Waals surface area contributed by atoms with Gasteiger partial charge in [-0.3, -0.25) is 0 Å². The third-order valence-electron chi connectivity index (χ3n) is 3.92. The van der Waals surface area contributed by atoms with Gasteiger partial charge in [0.15, 0.2) is 0 Å². The molecule has 0 unspecified atom stereocenters. The van der Waals surface area contributed by atoms with Crippen LogP contribution < -0.4 is 4.90 Å². The van der Waals surface area contributed by atoms with Gasteiger partial charge in [-0.15, -0.1) is 0 Å². The molecule has 0 atom stereocenters. The van der Waals surface area contributed by atoms with Crippen molar-refractivity contribution < 1.29 is 8.91 Å². The maximum absolute atomic E-state index is 13.0. The van der Waals surface area contributed by atoms with Gasteiger partial charge in [-0.2, -0.15) is 10.1 Å². The van der Waals surface area contributed by atoms with E-state index in [1.165, 1.54) is 12.1 Å². The summed E-state index contributed by atoms with van der Waals surface area (Å²) >= 11 is 0. The number of aromatic nitrogens is 4. The third-order valence-corrected chi connectivity index (χ3v) is 3.92. The molecule has 0 bridgehead atoms. The SMILES string of the molecule is CN(Cc1cnn(-c2ccc(F)cc2)c1)c1nc(-c2ccccc2)no1. The van der Waals surface area contributed by atoms with Crippen LogP contribution in [0.1, 0.15) is 5.56 Å². The van der Waals surface area contributed by atoms with Crippen LogP contribution in [0.15, 0.2) is 71.5 Å². The molecule has 0 amide bonds. The van der Waals surface area contributed by atoms with E-state index in [0.717, 1.165) is 16.8 Å². The summed E-state index contributed by atoms with van der Waals surface area (Å²) in [5, 5.41) is 8.34. The molecule has 26 heavy (non-hydrogen) atoms. The van der Waals surface area contributed by atoms with Gasteiger partial charge >= 0.3 is 6.01 Å². The molecule has 0 saturated carbocycles. The second kappa shape index (κ2) is 6.79. The molecule has 4 aromatic rings. The molecule has 0 aliphatic rings. The summed E-state index contributed by atoms with van der Waals surface area (Å²) in [7, 11) is 1.87. The predicted molar refractivity (Wildman–Crippen MR) is 95.4 cm³/mol. The lowest BCUT2D eigenvalue weighted by atomic mass is 10.2. The minimum atomic E-state index is -0.272. The summed E-state index contributed by atoms with van der Waals surface area (Å²) in [5.41, 5.74) is 2.67. The monoisotopic (exact) mass is 349 g/mol. The van der Waals surface area contributed by atoms with Crippen LogP contribution in [0.5, 0.6) is 0 Å². The van der Waals surface area contributed by atoms with Crippen molar-refractivity contribution in [1.82, 2.24) is 19.9 Å². The van der Waals surface area contributed by atoms with Crippen LogP contribution in [0.2, 0.25) is 0 Å². The smallest absolute Gasteiger partial charge is 0.323 e. The number of halogens is 1. The van der Waals surface area contributed by atoms with Gasteiger partial charge in [-0.25, -0.2) is 9.07 Å². The quantitative estimate of drug-likeness (QED) is 0.550. The highest BCUT2D eigenvalue weighted by molar-refractivity contribution is 5.55. The molecule has 0 aliphatic heterocycles. The zero-order valence-electron chi connectivity index (χ0n) is 14.1. The molecule has 0 aliphatic carbocycles. The Morgan fingerprint density at radius 1 is 1.08 bits per heavy atom. The van der Waals surface area contributed by atoms with Gasteiger partial charge in [0, 0.05) is 24.4 Å². The van der Waals surface area contributed by atoms with E-state index in [-0.39, 0.29) is 5.82 Å². The van der Waals surface area contributed by atoms with Gasteiger partial charge in [0.25, 0.3) is 0 Å². The van der Waals surface area contributed by atoms with Crippen LogP contribution in [0.4, 0.5) is 10.4 Å². The molecule has 2 aromatic carbocycles. The van der Waals surface area contributed by atoms with Crippen LogP contribution >= 0.6 is 0 Å². The second-order valence-electron chi connectivity index (χ2n) is 5.89. The fraction of sp³-hybridized carbons (Fsp3) is 0.105. The Morgan fingerprint density at radius 2 is 1.85 bits per heavy atom. The lowest BCUT2D eigenvalue weighted by Gasteiger charge is -2.11. The maximum Gasteiger partial charge on any atom is 0.324 e. The van der Waals surface area contributed by atoms with E-state index in [1.54, 1.807) is 23.0 Å². The summed E-state index contributed by atoms with van der Waals surface area (Å²) in [6.07, 6.45) is 3.65. The van der Waals surface area contributed by atoms with Crippen molar-refractivity contribution in [3.05, 3.63) is 78.4 Å². The van der Waals surface area contributed by atoms with Crippen molar-refractivity contribution in [3.8, 4) is 17.1 Å². The molecule has 6 nitrogen and oxygen atoms in total. The van der Waals surface area contributed by atoms with E-state index in [4.69, 9.17) is 4.52 Å². The topological polar surface area (TPSA) is 60.0 Å². The highest BCUT2D eigenvalue weighted by Crippen LogP contribution is 2.20.